The number of unbranched alkanes of at least 4 members (excludes halogenated alkanes) is 14. The van der Waals surface area contributed by atoms with Crippen LogP contribution in [-0.2, 0) is 14.2 Å². The first-order chi connectivity index (χ1) is 13.7. The van der Waals surface area contributed by atoms with Crippen molar-refractivity contribution < 1.29 is 14.2 Å². The van der Waals surface area contributed by atoms with Crippen molar-refractivity contribution in [2.24, 2.45) is 5.92 Å². The Morgan fingerprint density at radius 3 is 1.04 bits per heavy atom. The summed E-state index contributed by atoms with van der Waals surface area (Å²) in [4.78, 5) is 0. The van der Waals surface area contributed by atoms with E-state index in [1.807, 2.05) is 0 Å². The van der Waals surface area contributed by atoms with Crippen LogP contribution in [-0.4, -0.2) is 27.3 Å². The summed E-state index contributed by atoms with van der Waals surface area (Å²) in [5, 5.41) is 0. The lowest BCUT2D eigenvalue weighted by Crippen LogP contribution is -2.44. The molecule has 0 saturated heterocycles. The second kappa shape index (κ2) is 20.2. The second-order valence-electron chi connectivity index (χ2n) is 8.44. The quantitative estimate of drug-likeness (QED) is 0.135. The van der Waals surface area contributed by atoms with Gasteiger partial charge in [-0.1, -0.05) is 117 Å². The summed E-state index contributed by atoms with van der Waals surface area (Å²) in [6.45, 7) is 4.55. The zero-order valence-electron chi connectivity index (χ0n) is 20.0. The Bertz CT molecular complexity index is 294. The molecule has 3 nitrogen and oxygen atoms in total. The van der Waals surface area contributed by atoms with Gasteiger partial charge >= 0.3 is 0 Å². The molecule has 0 aliphatic heterocycles. The molecule has 1 atom stereocenters. The summed E-state index contributed by atoms with van der Waals surface area (Å²) >= 11 is 0. The van der Waals surface area contributed by atoms with Crippen molar-refractivity contribution in [1.82, 2.24) is 0 Å². The molecule has 28 heavy (non-hydrogen) atoms. The summed E-state index contributed by atoms with van der Waals surface area (Å²) in [5.74, 6) is -0.560. The number of hydrogen-bond donors (Lipinski definition) is 0. The van der Waals surface area contributed by atoms with Crippen LogP contribution >= 0.6 is 0 Å². The molecule has 0 aliphatic carbocycles. The van der Waals surface area contributed by atoms with Gasteiger partial charge in [-0.15, -0.1) is 0 Å². The van der Waals surface area contributed by atoms with Crippen molar-refractivity contribution in [3.63, 3.8) is 0 Å². The molecule has 0 radical (unpaired) electrons. The third-order valence-electron chi connectivity index (χ3n) is 6.17. The molecular formula is C25H52O3. The van der Waals surface area contributed by atoms with Crippen molar-refractivity contribution in [2.75, 3.05) is 21.3 Å². The van der Waals surface area contributed by atoms with E-state index < -0.39 is 5.97 Å². The summed E-state index contributed by atoms with van der Waals surface area (Å²) in [5.41, 5.74) is 0. The van der Waals surface area contributed by atoms with Crippen molar-refractivity contribution in [3.05, 3.63) is 0 Å². The van der Waals surface area contributed by atoms with Gasteiger partial charge in [0, 0.05) is 27.2 Å². The number of hydrogen-bond acceptors (Lipinski definition) is 3. The molecule has 0 aromatic carbocycles. The van der Waals surface area contributed by atoms with Crippen molar-refractivity contribution in [3.8, 4) is 0 Å². The van der Waals surface area contributed by atoms with Crippen LogP contribution in [0.25, 0.3) is 0 Å². The Morgan fingerprint density at radius 1 is 0.464 bits per heavy atom. The fourth-order valence-electron chi connectivity index (χ4n) is 4.30. The minimum atomic E-state index is -0.872. The van der Waals surface area contributed by atoms with Gasteiger partial charge < -0.3 is 14.2 Å². The number of rotatable bonds is 22. The lowest BCUT2D eigenvalue weighted by molar-refractivity contribution is -0.380. The molecule has 0 bridgehead atoms. The Hall–Kier alpha value is -0.120. The molecule has 0 aromatic heterocycles. The van der Waals surface area contributed by atoms with Crippen LogP contribution in [0.4, 0.5) is 0 Å². The molecular weight excluding hydrogens is 348 g/mol. The van der Waals surface area contributed by atoms with Gasteiger partial charge in [0.05, 0.1) is 0 Å². The van der Waals surface area contributed by atoms with Crippen molar-refractivity contribution in [2.45, 2.75) is 135 Å². The van der Waals surface area contributed by atoms with Crippen molar-refractivity contribution >= 4 is 0 Å². The van der Waals surface area contributed by atoms with E-state index in [9.17, 15) is 0 Å². The smallest absolute Gasteiger partial charge is 0.285 e. The van der Waals surface area contributed by atoms with Crippen LogP contribution in [0.5, 0.6) is 0 Å². The molecule has 0 spiro atoms. The van der Waals surface area contributed by atoms with E-state index in [4.69, 9.17) is 14.2 Å². The molecule has 0 heterocycles. The first-order valence-electron chi connectivity index (χ1n) is 12.4. The van der Waals surface area contributed by atoms with Crippen LogP contribution in [0, 0.1) is 5.92 Å². The van der Waals surface area contributed by atoms with Crippen molar-refractivity contribution in [1.29, 1.82) is 0 Å². The zero-order chi connectivity index (χ0) is 20.9. The summed E-state index contributed by atoms with van der Waals surface area (Å²) in [7, 11) is 5.12. The molecule has 170 valence electrons. The largest absolute Gasteiger partial charge is 0.331 e. The average Bonchev–Trinajstić information content (AvgIpc) is 2.72. The monoisotopic (exact) mass is 400 g/mol. The highest BCUT2D eigenvalue weighted by atomic mass is 16.9. The maximum absolute atomic E-state index is 5.69. The minimum Gasteiger partial charge on any atom is -0.331 e. The number of ether oxygens (including phenoxy) is 3. The van der Waals surface area contributed by atoms with E-state index >= 15 is 0 Å². The van der Waals surface area contributed by atoms with E-state index in [0.717, 1.165) is 12.8 Å². The highest BCUT2D eigenvalue weighted by molar-refractivity contribution is 4.71. The SMILES string of the molecule is CCCCCCCCCCCCC(CCCCCCCC)C(OC)(OC)OC. The molecule has 0 rings (SSSR count). The van der Waals surface area contributed by atoms with E-state index in [2.05, 4.69) is 13.8 Å². The van der Waals surface area contributed by atoms with Gasteiger partial charge in [0.2, 0.25) is 0 Å². The normalized spacial score (nSPS) is 13.2. The van der Waals surface area contributed by atoms with Gasteiger partial charge in [0.1, 0.15) is 0 Å². The van der Waals surface area contributed by atoms with E-state index in [1.165, 1.54) is 103 Å². The first-order valence-corrected chi connectivity index (χ1v) is 12.4. The third-order valence-corrected chi connectivity index (χ3v) is 6.17. The molecule has 0 N–H and O–H groups in total. The first kappa shape index (κ1) is 27.9. The highest BCUT2D eigenvalue weighted by Gasteiger charge is 2.39. The standard InChI is InChI=1S/C25H52O3/c1-6-8-10-12-14-15-16-17-19-21-23-24(25(26-3,27-4)28-5)22-20-18-13-11-9-7-2/h24H,6-23H2,1-5H3. The fraction of sp³-hybridized carbons (Fsp3) is 1.00. The molecule has 0 aromatic rings. The van der Waals surface area contributed by atoms with Crippen LogP contribution in [0.2, 0.25) is 0 Å². The van der Waals surface area contributed by atoms with E-state index in [-0.39, 0.29) is 0 Å². The van der Waals surface area contributed by atoms with Crippen LogP contribution in [0.3, 0.4) is 0 Å². The third kappa shape index (κ3) is 13.2. The Morgan fingerprint density at radius 2 is 0.750 bits per heavy atom. The Kier molecular flexibility index (Phi) is 20.1. The van der Waals surface area contributed by atoms with Gasteiger partial charge in [0.25, 0.3) is 5.97 Å². The minimum absolute atomic E-state index is 0.313. The van der Waals surface area contributed by atoms with Gasteiger partial charge in [-0.05, 0) is 12.8 Å². The predicted molar refractivity (Wildman–Crippen MR) is 122 cm³/mol. The van der Waals surface area contributed by atoms with Gasteiger partial charge in [-0.3, -0.25) is 0 Å². The molecule has 3 heteroatoms. The second-order valence-corrected chi connectivity index (χ2v) is 8.44. The predicted octanol–water partition coefficient (Wildman–Crippen LogP) is 8.26. The molecule has 0 amide bonds. The molecule has 0 saturated carbocycles. The van der Waals surface area contributed by atoms with Gasteiger partial charge in [0.15, 0.2) is 0 Å². The van der Waals surface area contributed by atoms with E-state index in [1.54, 1.807) is 21.3 Å². The molecule has 0 aliphatic rings. The van der Waals surface area contributed by atoms with Crippen LogP contribution in [0.15, 0.2) is 0 Å². The number of methoxy groups -OCH3 is 3. The molecule has 1 unspecified atom stereocenters. The van der Waals surface area contributed by atoms with Crippen LogP contribution < -0.4 is 0 Å². The van der Waals surface area contributed by atoms with E-state index in [0.29, 0.717) is 5.92 Å². The summed E-state index contributed by atoms with van der Waals surface area (Å²) in [6, 6.07) is 0. The Balaban J connectivity index is 4.10. The topological polar surface area (TPSA) is 27.7 Å². The fourth-order valence-corrected chi connectivity index (χ4v) is 4.30. The maximum Gasteiger partial charge on any atom is 0.285 e. The average molecular weight is 401 g/mol. The van der Waals surface area contributed by atoms with Crippen LogP contribution in [0.1, 0.15) is 129 Å². The highest BCUT2D eigenvalue weighted by Crippen LogP contribution is 2.33. The lowest BCUT2D eigenvalue weighted by atomic mass is 9.91. The Labute approximate surface area is 177 Å². The lowest BCUT2D eigenvalue weighted by Gasteiger charge is -2.36. The maximum atomic E-state index is 5.69. The van der Waals surface area contributed by atoms with Gasteiger partial charge in [-0.2, -0.15) is 0 Å². The molecule has 0 fully saturated rings. The van der Waals surface area contributed by atoms with Gasteiger partial charge in [-0.25, -0.2) is 0 Å². The summed E-state index contributed by atoms with van der Waals surface area (Å²) < 4.78 is 17.1. The zero-order valence-corrected chi connectivity index (χ0v) is 20.0. The summed E-state index contributed by atoms with van der Waals surface area (Å²) in [6.07, 6.45) is 23.9.